The summed E-state index contributed by atoms with van der Waals surface area (Å²) >= 11 is 0. The molecule has 1 aliphatic carbocycles. The van der Waals surface area contributed by atoms with Crippen molar-refractivity contribution >= 4 is 5.97 Å². The Kier molecular flexibility index (Phi) is 3.31. The smallest absolute Gasteiger partial charge is 0.323 e. The van der Waals surface area contributed by atoms with Crippen molar-refractivity contribution < 1.29 is 9.90 Å². The topological polar surface area (TPSA) is 49.3 Å². The minimum Gasteiger partial charge on any atom is -0.480 e. The van der Waals surface area contributed by atoms with E-state index in [9.17, 15) is 4.79 Å². The molecule has 13 heavy (non-hydrogen) atoms. The van der Waals surface area contributed by atoms with Crippen LogP contribution in [0.25, 0.3) is 0 Å². The lowest BCUT2D eigenvalue weighted by Crippen LogP contribution is -2.53. The number of aliphatic carboxylic acids is 1. The Morgan fingerprint density at radius 3 is 2.85 bits per heavy atom. The van der Waals surface area contributed by atoms with Gasteiger partial charge in [-0.15, -0.1) is 0 Å². The highest BCUT2D eigenvalue weighted by Gasteiger charge is 2.40. The van der Waals surface area contributed by atoms with Gasteiger partial charge in [0.1, 0.15) is 5.54 Å². The fourth-order valence-electron chi connectivity index (χ4n) is 2.27. The van der Waals surface area contributed by atoms with E-state index in [0.717, 1.165) is 25.7 Å². The van der Waals surface area contributed by atoms with Gasteiger partial charge in [0.15, 0.2) is 0 Å². The van der Waals surface area contributed by atoms with Gasteiger partial charge < -0.3 is 10.4 Å². The third-order valence-corrected chi connectivity index (χ3v) is 3.32. The molecular formula is C10H19NO2. The number of carbonyl (C=O) groups is 1. The van der Waals surface area contributed by atoms with Crippen LogP contribution in [-0.4, -0.2) is 23.7 Å². The summed E-state index contributed by atoms with van der Waals surface area (Å²) in [6.07, 6.45) is 4.88. The van der Waals surface area contributed by atoms with Gasteiger partial charge in [-0.05, 0) is 25.8 Å². The number of nitrogens with one attached hydrogen (secondary N) is 1. The van der Waals surface area contributed by atoms with Crippen molar-refractivity contribution in [3.05, 3.63) is 0 Å². The number of likely N-dealkylation sites (N-methyl/N-ethyl adjacent to an activating group) is 1. The highest BCUT2D eigenvalue weighted by molar-refractivity contribution is 5.78. The molecule has 3 nitrogen and oxygen atoms in total. The average molecular weight is 185 g/mol. The highest BCUT2D eigenvalue weighted by Crippen LogP contribution is 2.34. The molecule has 2 unspecified atom stereocenters. The van der Waals surface area contributed by atoms with Crippen LogP contribution in [0.2, 0.25) is 0 Å². The second-order valence-electron chi connectivity index (χ2n) is 4.01. The molecule has 0 heterocycles. The summed E-state index contributed by atoms with van der Waals surface area (Å²) < 4.78 is 0. The lowest BCUT2D eigenvalue weighted by atomic mass is 9.75. The average Bonchev–Trinajstić information content (AvgIpc) is 2.17. The molecule has 2 N–H and O–H groups in total. The molecule has 0 saturated heterocycles. The van der Waals surface area contributed by atoms with Crippen molar-refractivity contribution in [3.63, 3.8) is 0 Å². The summed E-state index contributed by atoms with van der Waals surface area (Å²) in [5.74, 6) is -0.106. The molecule has 0 aliphatic heterocycles. The van der Waals surface area contributed by atoms with Crippen molar-refractivity contribution in [1.29, 1.82) is 0 Å². The second kappa shape index (κ2) is 4.09. The zero-order valence-corrected chi connectivity index (χ0v) is 8.47. The van der Waals surface area contributed by atoms with Crippen LogP contribution >= 0.6 is 0 Å². The van der Waals surface area contributed by atoms with E-state index in [1.807, 2.05) is 0 Å². The molecule has 0 amide bonds. The molecule has 0 radical (unpaired) electrons. The van der Waals surface area contributed by atoms with E-state index in [4.69, 9.17) is 5.11 Å². The molecule has 2 atom stereocenters. The van der Waals surface area contributed by atoms with Crippen LogP contribution in [-0.2, 0) is 4.79 Å². The Labute approximate surface area is 79.5 Å². The third-order valence-electron chi connectivity index (χ3n) is 3.32. The molecule has 3 heteroatoms. The first-order valence-corrected chi connectivity index (χ1v) is 5.07. The molecule has 0 aromatic rings. The molecule has 0 aromatic carbocycles. The first-order valence-electron chi connectivity index (χ1n) is 5.07. The Bertz CT molecular complexity index is 193. The maximum Gasteiger partial charge on any atom is 0.323 e. The lowest BCUT2D eigenvalue weighted by Gasteiger charge is -2.37. The van der Waals surface area contributed by atoms with Crippen molar-refractivity contribution in [3.8, 4) is 0 Å². The number of carboxylic acids is 1. The molecule has 0 spiro atoms. The molecule has 0 aromatic heterocycles. The molecule has 0 bridgehead atoms. The van der Waals surface area contributed by atoms with E-state index >= 15 is 0 Å². The van der Waals surface area contributed by atoms with Gasteiger partial charge in [0.05, 0.1) is 0 Å². The van der Waals surface area contributed by atoms with Crippen LogP contribution < -0.4 is 5.32 Å². The Morgan fingerprint density at radius 2 is 2.38 bits per heavy atom. The predicted octanol–water partition coefficient (Wildman–Crippen LogP) is 1.63. The summed E-state index contributed by atoms with van der Waals surface area (Å²) in [5.41, 5.74) is -0.640. The monoisotopic (exact) mass is 185 g/mol. The summed E-state index contributed by atoms with van der Waals surface area (Å²) in [6, 6.07) is 0. The zero-order valence-electron chi connectivity index (χ0n) is 8.47. The van der Waals surface area contributed by atoms with Gasteiger partial charge in [0.25, 0.3) is 0 Å². The van der Waals surface area contributed by atoms with Crippen LogP contribution in [0.1, 0.15) is 39.0 Å². The van der Waals surface area contributed by atoms with E-state index in [1.54, 1.807) is 7.05 Å². The first-order chi connectivity index (χ1) is 6.14. The van der Waals surface area contributed by atoms with Crippen molar-refractivity contribution in [2.75, 3.05) is 7.05 Å². The zero-order chi connectivity index (χ0) is 9.90. The molecule has 1 aliphatic rings. The largest absolute Gasteiger partial charge is 0.480 e. The summed E-state index contributed by atoms with van der Waals surface area (Å²) in [5, 5.41) is 12.1. The molecule has 1 fully saturated rings. The SMILES string of the molecule is CCC1CCCC(NC)(C(=O)O)C1. The van der Waals surface area contributed by atoms with Gasteiger partial charge in [-0.1, -0.05) is 26.2 Å². The fraction of sp³-hybridized carbons (Fsp3) is 0.900. The van der Waals surface area contributed by atoms with Crippen molar-refractivity contribution in [1.82, 2.24) is 5.32 Å². The number of carboxylic acid groups (broad SMARTS) is 1. The summed E-state index contributed by atoms with van der Waals surface area (Å²) in [7, 11) is 1.76. The third kappa shape index (κ3) is 2.02. The van der Waals surface area contributed by atoms with Gasteiger partial charge in [0, 0.05) is 0 Å². The molecule has 1 saturated carbocycles. The van der Waals surface area contributed by atoms with Gasteiger partial charge in [0.2, 0.25) is 0 Å². The van der Waals surface area contributed by atoms with E-state index in [0.29, 0.717) is 5.92 Å². The summed E-state index contributed by atoms with van der Waals surface area (Å²) in [6.45, 7) is 2.14. The van der Waals surface area contributed by atoms with Crippen LogP contribution in [0, 0.1) is 5.92 Å². The Hall–Kier alpha value is -0.570. The number of rotatable bonds is 3. The van der Waals surface area contributed by atoms with E-state index in [1.165, 1.54) is 6.42 Å². The maximum atomic E-state index is 11.1. The van der Waals surface area contributed by atoms with Crippen LogP contribution in [0.4, 0.5) is 0 Å². The predicted molar refractivity (Wildman–Crippen MR) is 51.7 cm³/mol. The first kappa shape index (κ1) is 10.5. The second-order valence-corrected chi connectivity index (χ2v) is 4.01. The Balaban J connectivity index is 2.69. The molecular weight excluding hydrogens is 166 g/mol. The van der Waals surface area contributed by atoms with Gasteiger partial charge >= 0.3 is 5.97 Å². The maximum absolute atomic E-state index is 11.1. The van der Waals surface area contributed by atoms with Gasteiger partial charge in [-0.2, -0.15) is 0 Å². The highest BCUT2D eigenvalue weighted by atomic mass is 16.4. The quantitative estimate of drug-likeness (QED) is 0.702. The lowest BCUT2D eigenvalue weighted by molar-refractivity contribution is -0.147. The minimum atomic E-state index is -0.687. The van der Waals surface area contributed by atoms with Crippen LogP contribution in [0.15, 0.2) is 0 Å². The Morgan fingerprint density at radius 1 is 1.69 bits per heavy atom. The molecule has 1 rings (SSSR count). The van der Waals surface area contributed by atoms with Crippen molar-refractivity contribution in [2.24, 2.45) is 5.92 Å². The van der Waals surface area contributed by atoms with E-state index < -0.39 is 11.5 Å². The van der Waals surface area contributed by atoms with E-state index in [-0.39, 0.29) is 0 Å². The van der Waals surface area contributed by atoms with Crippen molar-refractivity contribution in [2.45, 2.75) is 44.6 Å². The van der Waals surface area contributed by atoms with Gasteiger partial charge in [-0.3, -0.25) is 4.79 Å². The normalized spacial score (nSPS) is 34.5. The van der Waals surface area contributed by atoms with Crippen LogP contribution in [0.3, 0.4) is 0 Å². The van der Waals surface area contributed by atoms with Crippen LogP contribution in [0.5, 0.6) is 0 Å². The van der Waals surface area contributed by atoms with Gasteiger partial charge in [-0.25, -0.2) is 0 Å². The molecule has 76 valence electrons. The standard InChI is InChI=1S/C10H19NO2/c1-3-8-5-4-6-10(7-8,11-2)9(12)13/h8,11H,3-7H2,1-2H3,(H,12,13). The number of hydrogen-bond acceptors (Lipinski definition) is 2. The van der Waals surface area contributed by atoms with E-state index in [2.05, 4.69) is 12.2 Å². The minimum absolute atomic E-state index is 0.581. The summed E-state index contributed by atoms with van der Waals surface area (Å²) in [4.78, 5) is 11.1. The fourth-order valence-corrected chi connectivity index (χ4v) is 2.27. The number of hydrogen-bond donors (Lipinski definition) is 2.